The van der Waals surface area contributed by atoms with Crippen molar-refractivity contribution in [3.8, 4) is 6.07 Å². The summed E-state index contributed by atoms with van der Waals surface area (Å²) in [5, 5.41) is 10.7. The Hall–Kier alpha value is -0.890. The van der Waals surface area contributed by atoms with E-state index >= 15 is 0 Å². The summed E-state index contributed by atoms with van der Waals surface area (Å²) >= 11 is 1.74. The summed E-state index contributed by atoms with van der Waals surface area (Å²) < 4.78 is 0. The van der Waals surface area contributed by atoms with E-state index in [1.807, 2.05) is 14.0 Å². The average Bonchev–Trinajstić information content (AvgIpc) is 2.62. The third-order valence-corrected chi connectivity index (χ3v) is 3.81. The lowest BCUT2D eigenvalue weighted by Gasteiger charge is -2.30. The van der Waals surface area contributed by atoms with Gasteiger partial charge in [-0.15, -0.1) is 11.3 Å². The SMILES string of the molecule is Cc1ccsc1C(C(C)N)N(C)CCC#N. The summed E-state index contributed by atoms with van der Waals surface area (Å²) in [4.78, 5) is 3.49. The number of likely N-dealkylation sites (N-methyl/N-ethyl adjacent to an activating group) is 1. The summed E-state index contributed by atoms with van der Waals surface area (Å²) in [5.41, 5.74) is 7.34. The lowest BCUT2D eigenvalue weighted by Crippen LogP contribution is -2.37. The molecule has 1 aromatic rings. The first-order chi connectivity index (χ1) is 7.57. The van der Waals surface area contributed by atoms with Crippen LogP contribution < -0.4 is 5.73 Å². The van der Waals surface area contributed by atoms with Crippen LogP contribution in [0.3, 0.4) is 0 Å². The smallest absolute Gasteiger partial charge is 0.0635 e. The topological polar surface area (TPSA) is 53.0 Å². The fraction of sp³-hybridized carbons (Fsp3) is 0.583. The summed E-state index contributed by atoms with van der Waals surface area (Å²) in [6.07, 6.45) is 0.546. The van der Waals surface area contributed by atoms with Gasteiger partial charge in [0.1, 0.15) is 0 Å². The Kier molecular flexibility index (Phi) is 4.94. The van der Waals surface area contributed by atoms with E-state index < -0.39 is 0 Å². The minimum absolute atomic E-state index is 0.0704. The normalized spacial score (nSPS) is 14.8. The minimum Gasteiger partial charge on any atom is -0.326 e. The molecule has 0 aliphatic carbocycles. The Morgan fingerprint density at radius 2 is 2.31 bits per heavy atom. The number of nitrogens with zero attached hydrogens (tertiary/aromatic N) is 2. The van der Waals surface area contributed by atoms with Crippen LogP contribution in [0.1, 0.15) is 29.8 Å². The van der Waals surface area contributed by atoms with Crippen LogP contribution in [0.25, 0.3) is 0 Å². The first-order valence-electron chi connectivity index (χ1n) is 5.44. The van der Waals surface area contributed by atoms with Gasteiger partial charge in [0.25, 0.3) is 0 Å². The molecule has 1 aromatic heterocycles. The van der Waals surface area contributed by atoms with E-state index in [1.165, 1.54) is 10.4 Å². The summed E-state index contributed by atoms with van der Waals surface area (Å²) in [6, 6.07) is 4.58. The monoisotopic (exact) mass is 237 g/mol. The highest BCUT2D eigenvalue weighted by molar-refractivity contribution is 7.10. The zero-order valence-electron chi connectivity index (χ0n) is 10.1. The largest absolute Gasteiger partial charge is 0.326 e. The average molecular weight is 237 g/mol. The molecule has 2 atom stereocenters. The van der Waals surface area contributed by atoms with Crippen molar-refractivity contribution in [2.45, 2.75) is 32.4 Å². The van der Waals surface area contributed by atoms with E-state index in [1.54, 1.807) is 11.3 Å². The quantitative estimate of drug-likeness (QED) is 0.855. The number of nitriles is 1. The number of hydrogen-bond donors (Lipinski definition) is 1. The summed E-state index contributed by atoms with van der Waals surface area (Å²) in [6.45, 7) is 4.89. The molecular weight excluding hydrogens is 218 g/mol. The van der Waals surface area contributed by atoms with Gasteiger partial charge in [0.15, 0.2) is 0 Å². The number of hydrogen-bond acceptors (Lipinski definition) is 4. The first-order valence-corrected chi connectivity index (χ1v) is 6.32. The van der Waals surface area contributed by atoms with E-state index in [0.717, 1.165) is 6.54 Å². The maximum absolute atomic E-state index is 8.62. The molecule has 0 bridgehead atoms. The molecule has 0 saturated heterocycles. The zero-order chi connectivity index (χ0) is 12.1. The van der Waals surface area contributed by atoms with Crippen molar-refractivity contribution in [2.24, 2.45) is 5.73 Å². The van der Waals surface area contributed by atoms with Gasteiger partial charge in [-0.05, 0) is 37.9 Å². The van der Waals surface area contributed by atoms with Crippen LogP contribution in [0.2, 0.25) is 0 Å². The molecule has 0 aliphatic rings. The van der Waals surface area contributed by atoms with Crippen molar-refractivity contribution in [3.05, 3.63) is 21.9 Å². The van der Waals surface area contributed by atoms with Gasteiger partial charge in [-0.1, -0.05) is 0 Å². The zero-order valence-corrected chi connectivity index (χ0v) is 10.9. The minimum atomic E-state index is 0.0704. The molecule has 0 fully saturated rings. The predicted molar refractivity (Wildman–Crippen MR) is 68.3 cm³/mol. The van der Waals surface area contributed by atoms with Gasteiger partial charge < -0.3 is 5.73 Å². The van der Waals surface area contributed by atoms with E-state index in [0.29, 0.717) is 6.42 Å². The van der Waals surface area contributed by atoms with E-state index in [-0.39, 0.29) is 12.1 Å². The lowest BCUT2D eigenvalue weighted by atomic mass is 10.0. The second-order valence-electron chi connectivity index (χ2n) is 4.16. The Morgan fingerprint density at radius 3 is 2.75 bits per heavy atom. The molecule has 0 aromatic carbocycles. The molecule has 0 aliphatic heterocycles. The third-order valence-electron chi connectivity index (χ3n) is 2.72. The highest BCUT2D eigenvalue weighted by atomic mass is 32.1. The van der Waals surface area contributed by atoms with Gasteiger partial charge in [-0.2, -0.15) is 5.26 Å². The van der Waals surface area contributed by atoms with Gasteiger partial charge in [0, 0.05) is 23.9 Å². The van der Waals surface area contributed by atoms with E-state index in [9.17, 15) is 0 Å². The fourth-order valence-corrected chi connectivity index (χ4v) is 3.10. The molecule has 1 heterocycles. The molecule has 16 heavy (non-hydrogen) atoms. The first kappa shape index (κ1) is 13.2. The second kappa shape index (κ2) is 6.00. The predicted octanol–water partition coefficient (Wildman–Crippen LogP) is 2.29. The molecule has 4 heteroatoms. The van der Waals surface area contributed by atoms with Crippen LogP contribution in [0.5, 0.6) is 0 Å². The van der Waals surface area contributed by atoms with Crippen LogP contribution in [0.15, 0.2) is 11.4 Å². The van der Waals surface area contributed by atoms with Crippen molar-refractivity contribution in [2.75, 3.05) is 13.6 Å². The fourth-order valence-electron chi connectivity index (χ4n) is 1.89. The number of rotatable bonds is 5. The Labute approximate surface area is 101 Å². The highest BCUT2D eigenvalue weighted by Crippen LogP contribution is 2.29. The summed E-state index contributed by atoms with van der Waals surface area (Å²) in [5.74, 6) is 0. The summed E-state index contributed by atoms with van der Waals surface area (Å²) in [7, 11) is 2.03. The van der Waals surface area contributed by atoms with Crippen molar-refractivity contribution >= 4 is 11.3 Å². The number of aryl methyl sites for hydroxylation is 1. The molecule has 3 nitrogen and oxygen atoms in total. The Morgan fingerprint density at radius 1 is 1.62 bits per heavy atom. The highest BCUT2D eigenvalue weighted by Gasteiger charge is 2.23. The standard InChI is InChI=1S/C12H19N3S/c1-9-5-8-16-12(9)11(10(2)14)15(3)7-4-6-13/h5,8,10-11H,4,7,14H2,1-3H3. The maximum Gasteiger partial charge on any atom is 0.0635 e. The van der Waals surface area contributed by atoms with Crippen molar-refractivity contribution in [1.82, 2.24) is 4.90 Å². The second-order valence-corrected chi connectivity index (χ2v) is 5.11. The molecule has 0 saturated carbocycles. The van der Waals surface area contributed by atoms with Gasteiger partial charge in [0.2, 0.25) is 0 Å². The molecule has 1 rings (SSSR count). The van der Waals surface area contributed by atoms with Gasteiger partial charge in [0.05, 0.1) is 12.1 Å². The number of nitrogens with two attached hydrogens (primary N) is 1. The molecule has 2 unspecified atom stereocenters. The molecule has 2 N–H and O–H groups in total. The van der Waals surface area contributed by atoms with Crippen molar-refractivity contribution in [3.63, 3.8) is 0 Å². The molecule has 88 valence electrons. The van der Waals surface area contributed by atoms with E-state index in [2.05, 4.69) is 29.3 Å². The number of thiophene rings is 1. The molecular formula is C12H19N3S. The van der Waals surface area contributed by atoms with Gasteiger partial charge in [-0.25, -0.2) is 0 Å². The van der Waals surface area contributed by atoms with Crippen LogP contribution >= 0.6 is 11.3 Å². The van der Waals surface area contributed by atoms with E-state index in [4.69, 9.17) is 11.0 Å². The van der Waals surface area contributed by atoms with Crippen LogP contribution in [-0.2, 0) is 0 Å². The van der Waals surface area contributed by atoms with Crippen molar-refractivity contribution in [1.29, 1.82) is 5.26 Å². The van der Waals surface area contributed by atoms with Crippen LogP contribution in [0.4, 0.5) is 0 Å². The third kappa shape index (κ3) is 3.05. The molecule has 0 amide bonds. The molecule has 0 radical (unpaired) electrons. The van der Waals surface area contributed by atoms with Crippen LogP contribution in [0, 0.1) is 18.3 Å². The Bertz CT molecular complexity index is 365. The molecule has 0 spiro atoms. The van der Waals surface area contributed by atoms with Crippen LogP contribution in [-0.4, -0.2) is 24.5 Å². The van der Waals surface area contributed by atoms with Gasteiger partial charge >= 0.3 is 0 Å². The van der Waals surface area contributed by atoms with Gasteiger partial charge in [-0.3, -0.25) is 4.90 Å². The lowest BCUT2D eigenvalue weighted by molar-refractivity contribution is 0.226. The van der Waals surface area contributed by atoms with Crippen molar-refractivity contribution < 1.29 is 0 Å². The Balaban J connectivity index is 2.84. The maximum atomic E-state index is 8.62.